The smallest absolute Gasteiger partial charge is 0.336 e. The number of aliphatic carboxylic acids is 1. The Hall–Kier alpha value is -5.15. The first-order valence-electron chi connectivity index (χ1n) is 12.0. The molecule has 0 bridgehead atoms. The number of nitrogen functional groups attached to an aromatic ring is 1. The zero-order chi connectivity index (χ0) is 31.8. The molecule has 0 spiro atoms. The van der Waals surface area contributed by atoms with Gasteiger partial charge in [-0.25, -0.2) is 9.59 Å². The summed E-state index contributed by atoms with van der Waals surface area (Å²) in [6, 6.07) is 10.4. The quantitative estimate of drug-likeness (QED) is 0.107. The van der Waals surface area contributed by atoms with E-state index in [0.29, 0.717) is 17.5 Å². The van der Waals surface area contributed by atoms with Crippen molar-refractivity contribution in [3.05, 3.63) is 83.2 Å². The Kier molecular flexibility index (Phi) is 11.0. The average molecular weight is 600 g/mol. The van der Waals surface area contributed by atoms with Crippen LogP contribution in [0.4, 0.5) is 5.69 Å². The van der Waals surface area contributed by atoms with E-state index in [0.717, 1.165) is 6.07 Å². The molecule has 2 aromatic carbocycles. The van der Waals surface area contributed by atoms with Gasteiger partial charge in [0, 0.05) is 34.8 Å². The molecule has 1 aromatic heterocycles. The maximum absolute atomic E-state index is 13.1. The summed E-state index contributed by atoms with van der Waals surface area (Å²) >= 11 is 0. The third-order valence-electron chi connectivity index (χ3n) is 5.54. The van der Waals surface area contributed by atoms with Gasteiger partial charge in [0.25, 0.3) is 21.9 Å². The summed E-state index contributed by atoms with van der Waals surface area (Å²) in [7, 11) is -3.67. The average Bonchev–Trinajstić information content (AvgIpc) is 2.90. The van der Waals surface area contributed by atoms with Crippen LogP contribution in [0, 0.1) is 11.3 Å². The second-order valence-corrected chi connectivity index (χ2v) is 10.7. The van der Waals surface area contributed by atoms with E-state index in [4.69, 9.17) is 15.7 Å². The predicted molar refractivity (Wildman–Crippen MR) is 153 cm³/mol. The van der Waals surface area contributed by atoms with Gasteiger partial charge in [0.05, 0.1) is 17.4 Å². The summed E-state index contributed by atoms with van der Waals surface area (Å²) in [6.07, 6.45) is 3.44. The Balaban J connectivity index is 0.00000113. The van der Waals surface area contributed by atoms with Crippen molar-refractivity contribution < 1.29 is 42.4 Å². The fraction of sp³-hybridized carbons (Fsp3) is 0.185. The van der Waals surface area contributed by atoms with Gasteiger partial charge in [0.2, 0.25) is 0 Å². The maximum atomic E-state index is 13.1. The van der Waals surface area contributed by atoms with Gasteiger partial charge >= 0.3 is 11.9 Å². The van der Waals surface area contributed by atoms with E-state index in [9.17, 15) is 37.8 Å². The van der Waals surface area contributed by atoms with Gasteiger partial charge in [-0.2, -0.15) is 8.42 Å². The molecule has 0 saturated carbocycles. The lowest BCUT2D eigenvalue weighted by atomic mass is 9.94. The van der Waals surface area contributed by atoms with Crippen LogP contribution in [-0.2, 0) is 14.9 Å². The molecular formula is C27H29N5O9S. The Morgan fingerprint density at radius 1 is 0.905 bits per heavy atom. The maximum Gasteiger partial charge on any atom is 0.336 e. The predicted octanol–water partition coefficient (Wildman–Crippen LogP) is 2.33. The van der Waals surface area contributed by atoms with E-state index < -0.39 is 45.8 Å². The number of anilines is 1. The first-order chi connectivity index (χ1) is 19.5. The van der Waals surface area contributed by atoms with Crippen molar-refractivity contribution in [2.24, 2.45) is 11.7 Å². The standard InChI is InChI=1S/C26H25N5O6.CH4O3S/c1-13(2)21(26(36)37)31-23(32)15-5-8-17(19(11-15)25(34)35)20-12-29-10-9-18(20)24(33)30-16-6-3-14(4-7-16)22(27)28;1-5(2,3)4/h3-13,21H,1-2H3,(H3,27,28)(H,30,33)(H,31,32)(H,34,35)(H,36,37);1H3,(H,2,3,4)/t21-;/m0./s1. The summed E-state index contributed by atoms with van der Waals surface area (Å²) in [6.45, 7) is 3.27. The van der Waals surface area contributed by atoms with Crippen molar-refractivity contribution in [1.29, 1.82) is 5.41 Å². The number of carboxylic acids is 2. The van der Waals surface area contributed by atoms with Crippen molar-refractivity contribution in [2.45, 2.75) is 19.9 Å². The van der Waals surface area contributed by atoms with Gasteiger partial charge in [-0.05, 0) is 53.9 Å². The van der Waals surface area contributed by atoms with Crippen LogP contribution in [0.3, 0.4) is 0 Å². The van der Waals surface area contributed by atoms with Crippen LogP contribution in [0.15, 0.2) is 60.9 Å². The largest absolute Gasteiger partial charge is 0.480 e. The molecule has 1 atom stereocenters. The van der Waals surface area contributed by atoms with Crippen LogP contribution in [-0.4, -0.2) is 70.1 Å². The molecule has 14 nitrogen and oxygen atoms in total. The van der Waals surface area contributed by atoms with Crippen molar-refractivity contribution in [2.75, 3.05) is 11.6 Å². The van der Waals surface area contributed by atoms with E-state index in [1.54, 1.807) is 38.1 Å². The van der Waals surface area contributed by atoms with Crippen LogP contribution in [0.25, 0.3) is 11.1 Å². The number of carboxylic acid groups (broad SMARTS) is 2. The Labute approximate surface area is 240 Å². The van der Waals surface area contributed by atoms with Gasteiger partial charge in [-0.3, -0.25) is 24.5 Å². The molecule has 1 heterocycles. The van der Waals surface area contributed by atoms with Gasteiger partial charge in [0.1, 0.15) is 11.9 Å². The van der Waals surface area contributed by atoms with Crippen LogP contribution in [0.1, 0.15) is 50.5 Å². The lowest BCUT2D eigenvalue weighted by Crippen LogP contribution is -2.44. The minimum absolute atomic E-state index is 0.0477. The fourth-order valence-electron chi connectivity index (χ4n) is 3.57. The third-order valence-corrected chi connectivity index (χ3v) is 5.54. The van der Waals surface area contributed by atoms with E-state index >= 15 is 0 Å². The topological polar surface area (TPSA) is 250 Å². The molecular weight excluding hydrogens is 570 g/mol. The number of aromatic carboxylic acids is 1. The molecule has 0 unspecified atom stereocenters. The molecule has 222 valence electrons. The number of pyridine rings is 1. The lowest BCUT2D eigenvalue weighted by molar-refractivity contribution is -0.140. The highest BCUT2D eigenvalue weighted by Gasteiger charge is 2.25. The molecule has 0 aliphatic carbocycles. The minimum Gasteiger partial charge on any atom is -0.480 e. The first kappa shape index (κ1) is 33.1. The molecule has 0 radical (unpaired) electrons. The number of nitrogens with zero attached hydrogens (tertiary/aromatic N) is 1. The zero-order valence-corrected chi connectivity index (χ0v) is 23.5. The number of nitrogens with two attached hydrogens (primary N) is 1. The summed E-state index contributed by atoms with van der Waals surface area (Å²) < 4.78 is 25.9. The van der Waals surface area contributed by atoms with E-state index in [2.05, 4.69) is 15.6 Å². The summed E-state index contributed by atoms with van der Waals surface area (Å²) in [5, 5.41) is 31.7. The van der Waals surface area contributed by atoms with Crippen LogP contribution < -0.4 is 16.4 Å². The summed E-state index contributed by atoms with van der Waals surface area (Å²) in [5.74, 6) is -4.34. The highest BCUT2D eigenvalue weighted by atomic mass is 32.2. The number of nitrogens with one attached hydrogen (secondary N) is 3. The van der Waals surface area contributed by atoms with Crippen molar-refractivity contribution in [3.8, 4) is 11.1 Å². The third kappa shape index (κ3) is 9.50. The molecule has 8 N–H and O–H groups in total. The Morgan fingerprint density at radius 2 is 1.48 bits per heavy atom. The number of amidine groups is 1. The number of rotatable bonds is 9. The fourth-order valence-corrected chi connectivity index (χ4v) is 3.57. The van der Waals surface area contributed by atoms with Crippen LogP contribution in [0.2, 0.25) is 0 Å². The number of aromatic nitrogens is 1. The van der Waals surface area contributed by atoms with Gasteiger partial charge in [0.15, 0.2) is 0 Å². The second-order valence-electron chi connectivity index (χ2n) is 9.20. The Morgan fingerprint density at radius 3 is 1.98 bits per heavy atom. The van der Waals surface area contributed by atoms with E-state index in [-0.39, 0.29) is 33.7 Å². The van der Waals surface area contributed by atoms with Crippen molar-refractivity contribution in [3.63, 3.8) is 0 Å². The van der Waals surface area contributed by atoms with E-state index in [1.165, 1.54) is 30.6 Å². The van der Waals surface area contributed by atoms with Crippen LogP contribution in [0.5, 0.6) is 0 Å². The SMILES string of the molecule is CC(C)[C@H](NC(=O)c1ccc(-c2cnccc2C(=O)Nc2ccc(C(=N)N)cc2)c(C(=O)O)c1)C(=O)O.CS(=O)(=O)O. The van der Waals surface area contributed by atoms with Gasteiger partial charge in [-0.1, -0.05) is 19.9 Å². The summed E-state index contributed by atoms with van der Waals surface area (Å²) in [5.41, 5.74) is 6.55. The normalized spacial score (nSPS) is 11.5. The van der Waals surface area contributed by atoms with Crippen molar-refractivity contribution in [1.82, 2.24) is 10.3 Å². The number of hydrogen-bond donors (Lipinski definition) is 7. The molecule has 42 heavy (non-hydrogen) atoms. The van der Waals surface area contributed by atoms with E-state index in [1.807, 2.05) is 0 Å². The number of carbonyl (C=O) groups is 4. The molecule has 0 aliphatic rings. The molecule has 3 rings (SSSR count). The minimum atomic E-state index is -3.67. The highest BCUT2D eigenvalue weighted by molar-refractivity contribution is 7.85. The number of carbonyl (C=O) groups excluding carboxylic acids is 2. The summed E-state index contributed by atoms with van der Waals surface area (Å²) in [4.78, 5) is 53.3. The Bertz CT molecular complexity index is 1610. The molecule has 0 saturated heterocycles. The monoisotopic (exact) mass is 599 g/mol. The molecule has 15 heteroatoms. The van der Waals surface area contributed by atoms with Crippen LogP contribution >= 0.6 is 0 Å². The molecule has 0 aliphatic heterocycles. The molecule has 2 amide bonds. The lowest BCUT2D eigenvalue weighted by Gasteiger charge is -2.18. The van der Waals surface area contributed by atoms with Gasteiger partial charge in [-0.15, -0.1) is 0 Å². The number of benzene rings is 2. The molecule has 3 aromatic rings. The second kappa shape index (κ2) is 14.0. The highest BCUT2D eigenvalue weighted by Crippen LogP contribution is 2.28. The first-order valence-corrected chi connectivity index (χ1v) is 13.9. The van der Waals surface area contributed by atoms with Crippen molar-refractivity contribution >= 4 is 45.4 Å². The molecule has 0 fully saturated rings. The number of amides is 2. The van der Waals surface area contributed by atoms with Gasteiger partial charge < -0.3 is 26.6 Å². The number of hydrogen-bond acceptors (Lipinski definition) is 8. The zero-order valence-electron chi connectivity index (χ0n) is 22.7.